The smallest absolute Gasteiger partial charge is 0.146 e. The summed E-state index contributed by atoms with van der Waals surface area (Å²) in [5.41, 5.74) is 1.10. The number of hydrogen-bond acceptors (Lipinski definition) is 4. The van der Waals surface area contributed by atoms with E-state index in [-0.39, 0.29) is 6.04 Å². The van der Waals surface area contributed by atoms with E-state index in [2.05, 4.69) is 39.4 Å². The van der Waals surface area contributed by atoms with Crippen LogP contribution in [0.3, 0.4) is 0 Å². The zero-order valence-electron chi connectivity index (χ0n) is 9.51. The van der Waals surface area contributed by atoms with Crippen molar-refractivity contribution < 1.29 is 0 Å². The van der Waals surface area contributed by atoms with E-state index in [0.29, 0.717) is 0 Å². The first kappa shape index (κ1) is 10.8. The zero-order chi connectivity index (χ0) is 11.4. The maximum Gasteiger partial charge on any atom is 0.146 e. The van der Waals surface area contributed by atoms with E-state index < -0.39 is 0 Å². The molecule has 2 aromatic heterocycles. The zero-order valence-corrected chi connectivity index (χ0v) is 9.51. The molecule has 1 unspecified atom stereocenters. The standard InChI is InChI=1S/C10H16N6/c1-3-11-9(10-12-7-13-15-10)8-5-14-16(4-2)6-8/h5-7,9,11H,3-4H2,1-2H3,(H,12,13,15). The summed E-state index contributed by atoms with van der Waals surface area (Å²) < 4.78 is 1.90. The first-order valence-corrected chi connectivity index (χ1v) is 5.46. The molecule has 86 valence electrons. The highest BCUT2D eigenvalue weighted by Crippen LogP contribution is 2.17. The predicted octanol–water partition coefficient (Wildman–Crippen LogP) is 0.720. The highest BCUT2D eigenvalue weighted by molar-refractivity contribution is 5.18. The van der Waals surface area contributed by atoms with E-state index in [1.165, 1.54) is 6.33 Å². The van der Waals surface area contributed by atoms with Gasteiger partial charge in [0.05, 0.1) is 12.2 Å². The Balaban J connectivity index is 2.25. The Labute approximate surface area is 94.1 Å². The molecule has 0 saturated heterocycles. The van der Waals surface area contributed by atoms with Gasteiger partial charge in [-0.3, -0.25) is 9.78 Å². The SMILES string of the molecule is CCNC(c1cnn(CC)c1)c1ncn[nH]1. The van der Waals surface area contributed by atoms with E-state index in [1.807, 2.05) is 17.1 Å². The molecular formula is C10H16N6. The maximum absolute atomic E-state index is 4.26. The van der Waals surface area contributed by atoms with Crippen LogP contribution in [0.2, 0.25) is 0 Å². The highest BCUT2D eigenvalue weighted by Gasteiger charge is 2.17. The fourth-order valence-corrected chi connectivity index (χ4v) is 1.63. The number of aryl methyl sites for hydroxylation is 1. The molecule has 0 aliphatic rings. The van der Waals surface area contributed by atoms with Gasteiger partial charge in [-0.25, -0.2) is 4.98 Å². The van der Waals surface area contributed by atoms with Crippen molar-refractivity contribution in [2.75, 3.05) is 6.54 Å². The number of aromatic amines is 1. The third kappa shape index (κ3) is 2.11. The van der Waals surface area contributed by atoms with Gasteiger partial charge in [0.15, 0.2) is 0 Å². The lowest BCUT2D eigenvalue weighted by Gasteiger charge is -2.12. The number of rotatable bonds is 5. The van der Waals surface area contributed by atoms with Gasteiger partial charge in [-0.1, -0.05) is 6.92 Å². The summed E-state index contributed by atoms with van der Waals surface area (Å²) in [6.07, 6.45) is 5.40. The summed E-state index contributed by atoms with van der Waals surface area (Å²) in [5, 5.41) is 14.4. The van der Waals surface area contributed by atoms with E-state index >= 15 is 0 Å². The Bertz CT molecular complexity index is 418. The average Bonchev–Trinajstić information content (AvgIpc) is 2.97. The Morgan fingerprint density at radius 2 is 2.38 bits per heavy atom. The van der Waals surface area contributed by atoms with Gasteiger partial charge in [-0.2, -0.15) is 10.2 Å². The Hall–Kier alpha value is -1.69. The fourth-order valence-electron chi connectivity index (χ4n) is 1.63. The van der Waals surface area contributed by atoms with Gasteiger partial charge in [-0.05, 0) is 13.5 Å². The predicted molar refractivity (Wildman–Crippen MR) is 59.8 cm³/mol. The first-order chi connectivity index (χ1) is 7.85. The Morgan fingerprint density at radius 3 is 2.94 bits per heavy atom. The van der Waals surface area contributed by atoms with Gasteiger partial charge >= 0.3 is 0 Å². The van der Waals surface area contributed by atoms with E-state index in [1.54, 1.807) is 0 Å². The molecule has 0 aliphatic carbocycles. The van der Waals surface area contributed by atoms with Crippen LogP contribution in [0.25, 0.3) is 0 Å². The van der Waals surface area contributed by atoms with Crippen LogP contribution < -0.4 is 5.32 Å². The van der Waals surface area contributed by atoms with Crippen LogP contribution in [-0.4, -0.2) is 31.5 Å². The lowest BCUT2D eigenvalue weighted by atomic mass is 10.1. The van der Waals surface area contributed by atoms with Gasteiger partial charge in [0.25, 0.3) is 0 Å². The van der Waals surface area contributed by atoms with Crippen LogP contribution in [0.5, 0.6) is 0 Å². The minimum Gasteiger partial charge on any atom is -0.304 e. The highest BCUT2D eigenvalue weighted by atomic mass is 15.3. The molecule has 0 fully saturated rings. The van der Waals surface area contributed by atoms with Gasteiger partial charge in [0.2, 0.25) is 0 Å². The molecule has 2 aromatic rings. The summed E-state index contributed by atoms with van der Waals surface area (Å²) in [5.74, 6) is 0.817. The van der Waals surface area contributed by atoms with Crippen molar-refractivity contribution in [3.8, 4) is 0 Å². The molecule has 0 amide bonds. The van der Waals surface area contributed by atoms with E-state index in [9.17, 15) is 0 Å². The number of aromatic nitrogens is 5. The quantitative estimate of drug-likeness (QED) is 0.779. The van der Waals surface area contributed by atoms with Crippen molar-refractivity contribution in [3.05, 3.63) is 30.1 Å². The largest absolute Gasteiger partial charge is 0.304 e. The van der Waals surface area contributed by atoms with Gasteiger partial charge in [0.1, 0.15) is 12.2 Å². The van der Waals surface area contributed by atoms with Crippen LogP contribution in [0.1, 0.15) is 31.3 Å². The summed E-state index contributed by atoms with van der Waals surface area (Å²) in [4.78, 5) is 4.18. The molecule has 2 heterocycles. The van der Waals surface area contributed by atoms with Crippen molar-refractivity contribution in [2.24, 2.45) is 0 Å². The number of hydrogen-bond donors (Lipinski definition) is 2. The molecule has 16 heavy (non-hydrogen) atoms. The number of nitrogens with zero attached hydrogens (tertiary/aromatic N) is 4. The second-order valence-corrected chi connectivity index (χ2v) is 3.49. The summed E-state index contributed by atoms with van der Waals surface area (Å²) >= 11 is 0. The van der Waals surface area contributed by atoms with Crippen molar-refractivity contribution >= 4 is 0 Å². The molecule has 0 spiro atoms. The summed E-state index contributed by atoms with van der Waals surface area (Å²) in [6, 6.07) is 0.0350. The third-order valence-corrected chi connectivity index (χ3v) is 2.43. The fraction of sp³-hybridized carbons (Fsp3) is 0.500. The Kier molecular flexibility index (Phi) is 3.31. The minimum atomic E-state index is 0.0350. The molecule has 2 N–H and O–H groups in total. The van der Waals surface area contributed by atoms with Crippen LogP contribution in [0.4, 0.5) is 0 Å². The van der Waals surface area contributed by atoms with Gasteiger partial charge in [-0.15, -0.1) is 0 Å². The van der Waals surface area contributed by atoms with Crippen LogP contribution in [0.15, 0.2) is 18.7 Å². The van der Waals surface area contributed by atoms with Crippen molar-refractivity contribution in [3.63, 3.8) is 0 Å². The molecule has 2 rings (SSSR count). The van der Waals surface area contributed by atoms with Crippen molar-refractivity contribution in [1.29, 1.82) is 0 Å². The lowest BCUT2D eigenvalue weighted by Crippen LogP contribution is -2.22. The Morgan fingerprint density at radius 1 is 1.50 bits per heavy atom. The summed E-state index contributed by atoms with van der Waals surface area (Å²) in [6.45, 7) is 5.86. The molecule has 0 bridgehead atoms. The molecule has 6 heteroatoms. The van der Waals surface area contributed by atoms with Gasteiger partial charge in [0, 0.05) is 18.3 Å². The summed E-state index contributed by atoms with van der Waals surface area (Å²) in [7, 11) is 0. The molecular weight excluding hydrogens is 204 g/mol. The molecule has 6 nitrogen and oxygen atoms in total. The second-order valence-electron chi connectivity index (χ2n) is 3.49. The molecule has 0 saturated carbocycles. The monoisotopic (exact) mass is 220 g/mol. The maximum atomic E-state index is 4.26. The molecule has 0 aromatic carbocycles. The third-order valence-electron chi connectivity index (χ3n) is 2.43. The normalized spacial score (nSPS) is 12.9. The van der Waals surface area contributed by atoms with E-state index in [4.69, 9.17) is 0 Å². The lowest BCUT2D eigenvalue weighted by molar-refractivity contribution is 0.597. The van der Waals surface area contributed by atoms with Crippen LogP contribution in [-0.2, 0) is 6.54 Å². The first-order valence-electron chi connectivity index (χ1n) is 5.46. The molecule has 1 atom stereocenters. The van der Waals surface area contributed by atoms with Crippen LogP contribution >= 0.6 is 0 Å². The van der Waals surface area contributed by atoms with Crippen molar-refractivity contribution in [2.45, 2.75) is 26.4 Å². The number of H-pyrrole nitrogens is 1. The van der Waals surface area contributed by atoms with Gasteiger partial charge < -0.3 is 5.32 Å². The molecule has 0 radical (unpaired) electrons. The van der Waals surface area contributed by atoms with E-state index in [0.717, 1.165) is 24.5 Å². The average molecular weight is 220 g/mol. The second kappa shape index (κ2) is 4.89. The topological polar surface area (TPSA) is 71.4 Å². The van der Waals surface area contributed by atoms with Crippen LogP contribution in [0, 0.1) is 0 Å². The molecule has 0 aliphatic heterocycles. The van der Waals surface area contributed by atoms with Crippen molar-refractivity contribution in [1.82, 2.24) is 30.3 Å². The minimum absolute atomic E-state index is 0.0350. The number of nitrogens with one attached hydrogen (secondary N) is 2.